The number of nitrogens with zero attached hydrogens (tertiary/aromatic N) is 2. The molecule has 2 rings (SSSR count). The molecule has 0 saturated carbocycles. The fourth-order valence-corrected chi connectivity index (χ4v) is 2.60. The summed E-state index contributed by atoms with van der Waals surface area (Å²) in [6.07, 6.45) is 1.63. The van der Waals surface area contributed by atoms with E-state index in [0.29, 0.717) is 6.54 Å². The van der Waals surface area contributed by atoms with Crippen molar-refractivity contribution in [1.82, 2.24) is 14.9 Å². The minimum Gasteiger partial charge on any atom is -0.309 e. The summed E-state index contributed by atoms with van der Waals surface area (Å²) in [5, 5.41) is 3.46. The van der Waals surface area contributed by atoms with Crippen molar-refractivity contribution in [2.45, 2.75) is 40.3 Å². The number of rotatable bonds is 5. The number of hydrogen-bond donors (Lipinski definition) is 1. The van der Waals surface area contributed by atoms with Crippen molar-refractivity contribution in [3.05, 3.63) is 63.3 Å². The third kappa shape index (κ3) is 4.02. The van der Waals surface area contributed by atoms with Gasteiger partial charge in [-0.2, -0.15) is 0 Å². The van der Waals surface area contributed by atoms with Crippen molar-refractivity contribution in [2.24, 2.45) is 0 Å². The molecule has 1 aromatic heterocycles. The highest BCUT2D eigenvalue weighted by Crippen LogP contribution is 2.18. The van der Waals surface area contributed by atoms with Gasteiger partial charge >= 0.3 is 0 Å². The van der Waals surface area contributed by atoms with E-state index in [4.69, 9.17) is 0 Å². The van der Waals surface area contributed by atoms with E-state index < -0.39 is 0 Å². The topological polar surface area (TPSA) is 46.9 Å². The maximum atomic E-state index is 12.0. The third-order valence-corrected chi connectivity index (χ3v) is 3.49. The summed E-state index contributed by atoms with van der Waals surface area (Å²) in [7, 11) is 0. The highest BCUT2D eigenvalue weighted by Gasteiger charge is 2.13. The monoisotopic (exact) mass is 285 g/mol. The van der Waals surface area contributed by atoms with Crippen LogP contribution in [0, 0.1) is 20.8 Å². The van der Waals surface area contributed by atoms with Gasteiger partial charge in [0.1, 0.15) is 0 Å². The summed E-state index contributed by atoms with van der Waals surface area (Å²) in [4.78, 5) is 16.3. The Balaban J connectivity index is 2.32. The van der Waals surface area contributed by atoms with Gasteiger partial charge in [-0.3, -0.25) is 9.36 Å². The Hall–Kier alpha value is -1.94. The van der Waals surface area contributed by atoms with Crippen molar-refractivity contribution >= 4 is 0 Å². The molecule has 0 fully saturated rings. The molecule has 0 bridgehead atoms. The molecule has 0 aliphatic carbocycles. The minimum atomic E-state index is -0.00484. The number of aryl methyl sites for hydroxylation is 3. The Labute approximate surface area is 125 Å². The minimum absolute atomic E-state index is 0.00484. The second-order valence-corrected chi connectivity index (χ2v) is 5.55. The molecule has 0 amide bonds. The van der Waals surface area contributed by atoms with E-state index >= 15 is 0 Å². The fourth-order valence-electron chi connectivity index (χ4n) is 2.60. The van der Waals surface area contributed by atoms with Crippen molar-refractivity contribution in [1.29, 1.82) is 0 Å². The van der Waals surface area contributed by atoms with Crippen molar-refractivity contribution in [3.63, 3.8) is 0 Å². The van der Waals surface area contributed by atoms with Crippen LogP contribution >= 0.6 is 0 Å². The average Bonchev–Trinajstić information content (AvgIpc) is 2.40. The van der Waals surface area contributed by atoms with E-state index in [-0.39, 0.29) is 11.6 Å². The Kier molecular flexibility index (Phi) is 4.91. The smallest absolute Gasteiger partial charge is 0.253 e. The largest absolute Gasteiger partial charge is 0.309 e. The molecule has 4 nitrogen and oxygen atoms in total. The molecule has 21 heavy (non-hydrogen) atoms. The summed E-state index contributed by atoms with van der Waals surface area (Å²) in [5.74, 6) is 0. The SMILES string of the molecule is CCNC(Cn1cnc(C)cc1=O)c1cc(C)cc(C)c1. The van der Waals surface area contributed by atoms with Crippen molar-refractivity contribution in [3.8, 4) is 0 Å². The summed E-state index contributed by atoms with van der Waals surface area (Å²) in [5.41, 5.74) is 4.43. The van der Waals surface area contributed by atoms with E-state index in [1.165, 1.54) is 16.7 Å². The zero-order valence-electron chi connectivity index (χ0n) is 13.2. The first-order valence-electron chi connectivity index (χ1n) is 7.34. The lowest BCUT2D eigenvalue weighted by Gasteiger charge is -2.20. The van der Waals surface area contributed by atoms with E-state index in [2.05, 4.69) is 49.3 Å². The van der Waals surface area contributed by atoms with Gasteiger partial charge in [-0.05, 0) is 32.9 Å². The molecular weight excluding hydrogens is 262 g/mol. The van der Waals surface area contributed by atoms with Crippen LogP contribution in [0.25, 0.3) is 0 Å². The van der Waals surface area contributed by atoms with Crippen LogP contribution in [0.3, 0.4) is 0 Å². The van der Waals surface area contributed by atoms with Gasteiger partial charge in [-0.25, -0.2) is 4.98 Å². The highest BCUT2D eigenvalue weighted by molar-refractivity contribution is 5.30. The van der Waals surface area contributed by atoms with Gasteiger partial charge in [0.15, 0.2) is 0 Å². The summed E-state index contributed by atoms with van der Waals surface area (Å²) >= 11 is 0. The second-order valence-electron chi connectivity index (χ2n) is 5.55. The second kappa shape index (κ2) is 6.68. The van der Waals surface area contributed by atoms with Crippen LogP contribution in [-0.2, 0) is 6.54 Å². The molecule has 0 radical (unpaired) electrons. The number of benzene rings is 1. The van der Waals surface area contributed by atoms with Gasteiger partial charge in [0, 0.05) is 18.3 Å². The standard InChI is InChI=1S/C17H23N3O/c1-5-18-16(15-7-12(2)6-13(3)8-15)10-20-11-19-14(4)9-17(20)21/h6-9,11,16,18H,5,10H2,1-4H3. The lowest BCUT2D eigenvalue weighted by atomic mass is 10.0. The Morgan fingerprint density at radius 3 is 2.38 bits per heavy atom. The molecule has 0 spiro atoms. The summed E-state index contributed by atoms with van der Waals surface area (Å²) in [6, 6.07) is 8.19. The van der Waals surface area contributed by atoms with Crippen LogP contribution in [0.4, 0.5) is 0 Å². The van der Waals surface area contributed by atoms with Crippen LogP contribution in [0.1, 0.15) is 35.3 Å². The highest BCUT2D eigenvalue weighted by atomic mass is 16.1. The molecule has 0 saturated heterocycles. The maximum absolute atomic E-state index is 12.0. The molecule has 0 aliphatic rings. The maximum Gasteiger partial charge on any atom is 0.253 e. The fraction of sp³-hybridized carbons (Fsp3) is 0.412. The number of aromatic nitrogens is 2. The molecule has 0 aliphatic heterocycles. The van der Waals surface area contributed by atoms with Gasteiger partial charge in [0.25, 0.3) is 5.56 Å². The van der Waals surface area contributed by atoms with Gasteiger partial charge in [0.2, 0.25) is 0 Å². The predicted molar refractivity (Wildman–Crippen MR) is 85.6 cm³/mol. The van der Waals surface area contributed by atoms with Gasteiger partial charge < -0.3 is 5.32 Å². The van der Waals surface area contributed by atoms with E-state index in [0.717, 1.165) is 12.2 Å². The van der Waals surface area contributed by atoms with E-state index in [1.807, 2.05) is 6.92 Å². The number of hydrogen-bond acceptors (Lipinski definition) is 3. The molecule has 2 aromatic rings. The molecule has 1 unspecified atom stereocenters. The van der Waals surface area contributed by atoms with E-state index in [1.54, 1.807) is 17.0 Å². The molecule has 1 N–H and O–H groups in total. The van der Waals surface area contributed by atoms with Gasteiger partial charge in [-0.1, -0.05) is 36.2 Å². The normalized spacial score (nSPS) is 12.4. The number of nitrogens with one attached hydrogen (secondary N) is 1. The average molecular weight is 285 g/mol. The molecule has 1 atom stereocenters. The zero-order chi connectivity index (χ0) is 15.4. The lowest BCUT2D eigenvalue weighted by Crippen LogP contribution is -2.30. The first-order chi connectivity index (χ1) is 9.99. The first kappa shape index (κ1) is 15.4. The number of likely N-dealkylation sites (N-methyl/N-ethyl adjacent to an activating group) is 1. The third-order valence-electron chi connectivity index (χ3n) is 3.49. The van der Waals surface area contributed by atoms with Crippen molar-refractivity contribution in [2.75, 3.05) is 6.54 Å². The van der Waals surface area contributed by atoms with Gasteiger partial charge in [0.05, 0.1) is 12.4 Å². The predicted octanol–water partition coefficient (Wildman–Crippen LogP) is 2.52. The van der Waals surface area contributed by atoms with Crippen LogP contribution < -0.4 is 10.9 Å². The first-order valence-corrected chi connectivity index (χ1v) is 7.34. The van der Waals surface area contributed by atoms with Crippen LogP contribution in [0.5, 0.6) is 0 Å². The summed E-state index contributed by atoms with van der Waals surface area (Å²) < 4.78 is 1.66. The van der Waals surface area contributed by atoms with Crippen LogP contribution in [-0.4, -0.2) is 16.1 Å². The molecule has 4 heteroatoms. The molecule has 1 aromatic carbocycles. The Morgan fingerprint density at radius 1 is 1.14 bits per heavy atom. The molecule has 1 heterocycles. The van der Waals surface area contributed by atoms with Crippen LogP contribution in [0.2, 0.25) is 0 Å². The quantitative estimate of drug-likeness (QED) is 0.918. The Morgan fingerprint density at radius 2 is 1.81 bits per heavy atom. The summed E-state index contributed by atoms with van der Waals surface area (Å²) in [6.45, 7) is 9.54. The van der Waals surface area contributed by atoms with Crippen molar-refractivity contribution < 1.29 is 0 Å². The zero-order valence-corrected chi connectivity index (χ0v) is 13.2. The van der Waals surface area contributed by atoms with E-state index in [9.17, 15) is 4.79 Å². The van der Waals surface area contributed by atoms with Gasteiger partial charge in [-0.15, -0.1) is 0 Å². The molecule has 112 valence electrons. The molecular formula is C17H23N3O. The lowest BCUT2D eigenvalue weighted by molar-refractivity contribution is 0.462. The van der Waals surface area contributed by atoms with Crippen LogP contribution in [0.15, 0.2) is 35.4 Å². The Bertz CT molecular complexity index is 656.